The van der Waals surface area contributed by atoms with Crippen molar-refractivity contribution in [2.75, 3.05) is 12.3 Å². The van der Waals surface area contributed by atoms with Gasteiger partial charge in [0, 0.05) is 17.8 Å². The maximum atomic E-state index is 11.8. The molecule has 0 fully saturated rings. The van der Waals surface area contributed by atoms with Crippen LogP contribution in [-0.2, 0) is 4.74 Å². The zero-order chi connectivity index (χ0) is 14.8. The Morgan fingerprint density at radius 3 is 3.05 bits per heavy atom. The summed E-state index contributed by atoms with van der Waals surface area (Å²) in [4.78, 5) is 20.0. The molecular weight excluding hydrogens is 268 g/mol. The first kappa shape index (κ1) is 13.1. The molecule has 6 heteroatoms. The molecule has 0 spiro atoms. The van der Waals surface area contributed by atoms with E-state index in [0.717, 1.165) is 16.5 Å². The molecule has 0 amide bonds. The highest BCUT2D eigenvalue weighted by Crippen LogP contribution is 2.25. The second-order valence-corrected chi connectivity index (χ2v) is 4.44. The first-order valence-corrected chi connectivity index (χ1v) is 6.55. The maximum absolute atomic E-state index is 11.8. The van der Waals surface area contributed by atoms with Crippen LogP contribution in [-0.4, -0.2) is 27.1 Å². The molecule has 3 aromatic rings. The summed E-state index contributed by atoms with van der Waals surface area (Å²) in [6, 6.07) is 7.72. The van der Waals surface area contributed by atoms with E-state index in [2.05, 4.69) is 9.97 Å². The van der Waals surface area contributed by atoms with Gasteiger partial charge in [0.1, 0.15) is 12.1 Å². The van der Waals surface area contributed by atoms with Gasteiger partial charge in [0.05, 0.1) is 12.3 Å². The van der Waals surface area contributed by atoms with Gasteiger partial charge in [-0.1, -0.05) is 12.1 Å². The number of aromatic nitrogens is 3. The quantitative estimate of drug-likeness (QED) is 0.744. The number of anilines is 1. The van der Waals surface area contributed by atoms with Crippen molar-refractivity contribution in [1.82, 2.24) is 14.5 Å². The van der Waals surface area contributed by atoms with Crippen LogP contribution in [0, 0.1) is 0 Å². The molecule has 0 unspecified atom stereocenters. The van der Waals surface area contributed by atoms with Gasteiger partial charge in [-0.15, -0.1) is 0 Å². The molecular formula is C15H14N4O2. The molecule has 21 heavy (non-hydrogen) atoms. The van der Waals surface area contributed by atoms with E-state index < -0.39 is 5.97 Å². The highest BCUT2D eigenvalue weighted by Gasteiger charge is 2.18. The van der Waals surface area contributed by atoms with Gasteiger partial charge in [0.15, 0.2) is 5.69 Å². The lowest BCUT2D eigenvalue weighted by atomic mass is 10.1. The van der Waals surface area contributed by atoms with E-state index >= 15 is 0 Å². The number of ether oxygens (including phenoxy) is 1. The van der Waals surface area contributed by atoms with Crippen LogP contribution >= 0.6 is 0 Å². The SMILES string of the molecule is CCOC(=O)c1ncn(-c2cccc3ccncc23)c1N. The van der Waals surface area contributed by atoms with Crippen LogP contribution in [0.2, 0.25) is 0 Å². The fourth-order valence-corrected chi connectivity index (χ4v) is 2.21. The Balaban J connectivity index is 2.14. The van der Waals surface area contributed by atoms with E-state index in [0.29, 0.717) is 0 Å². The molecule has 2 heterocycles. The lowest BCUT2D eigenvalue weighted by Crippen LogP contribution is -2.09. The average Bonchev–Trinajstić information content (AvgIpc) is 2.88. The topological polar surface area (TPSA) is 83.0 Å². The lowest BCUT2D eigenvalue weighted by Gasteiger charge is -2.09. The van der Waals surface area contributed by atoms with Gasteiger partial charge >= 0.3 is 5.97 Å². The molecule has 0 saturated heterocycles. The van der Waals surface area contributed by atoms with Gasteiger partial charge in [-0.2, -0.15) is 0 Å². The molecule has 0 aliphatic carbocycles. The number of hydrogen-bond donors (Lipinski definition) is 1. The first-order valence-electron chi connectivity index (χ1n) is 6.55. The smallest absolute Gasteiger partial charge is 0.360 e. The van der Waals surface area contributed by atoms with Crippen molar-refractivity contribution in [2.24, 2.45) is 0 Å². The van der Waals surface area contributed by atoms with Gasteiger partial charge in [0.2, 0.25) is 0 Å². The molecule has 0 atom stereocenters. The van der Waals surface area contributed by atoms with E-state index in [1.807, 2.05) is 24.3 Å². The van der Waals surface area contributed by atoms with Crippen molar-refractivity contribution >= 4 is 22.6 Å². The molecule has 2 N–H and O–H groups in total. The second kappa shape index (κ2) is 5.24. The Bertz CT molecular complexity index is 805. The van der Waals surface area contributed by atoms with E-state index in [-0.39, 0.29) is 18.1 Å². The number of carbonyl (C=O) groups excluding carboxylic acids is 1. The van der Waals surface area contributed by atoms with Crippen molar-refractivity contribution in [3.8, 4) is 5.69 Å². The number of hydrogen-bond acceptors (Lipinski definition) is 5. The van der Waals surface area contributed by atoms with Crippen LogP contribution in [0.15, 0.2) is 43.0 Å². The minimum absolute atomic E-state index is 0.123. The second-order valence-electron chi connectivity index (χ2n) is 4.44. The highest BCUT2D eigenvalue weighted by atomic mass is 16.5. The van der Waals surface area contributed by atoms with E-state index in [1.165, 1.54) is 6.33 Å². The summed E-state index contributed by atoms with van der Waals surface area (Å²) >= 11 is 0. The van der Waals surface area contributed by atoms with Crippen molar-refractivity contribution in [3.63, 3.8) is 0 Å². The monoisotopic (exact) mass is 282 g/mol. The summed E-state index contributed by atoms with van der Waals surface area (Å²) in [7, 11) is 0. The third-order valence-electron chi connectivity index (χ3n) is 3.19. The largest absolute Gasteiger partial charge is 0.461 e. The number of pyridine rings is 1. The molecule has 2 aromatic heterocycles. The van der Waals surface area contributed by atoms with E-state index in [9.17, 15) is 4.79 Å². The van der Waals surface area contributed by atoms with Gasteiger partial charge < -0.3 is 10.5 Å². The molecule has 0 saturated carbocycles. The van der Waals surface area contributed by atoms with Gasteiger partial charge in [-0.3, -0.25) is 9.55 Å². The van der Waals surface area contributed by atoms with Crippen LogP contribution < -0.4 is 5.73 Å². The van der Waals surface area contributed by atoms with Crippen LogP contribution in [0.4, 0.5) is 5.82 Å². The Morgan fingerprint density at radius 1 is 1.38 bits per heavy atom. The van der Waals surface area contributed by atoms with Crippen molar-refractivity contribution in [1.29, 1.82) is 0 Å². The summed E-state index contributed by atoms with van der Waals surface area (Å²) < 4.78 is 6.60. The molecule has 0 aliphatic rings. The standard InChI is InChI=1S/C15H14N4O2/c1-2-21-15(20)13-14(16)19(9-18-13)12-5-3-4-10-6-7-17-8-11(10)12/h3-9H,2,16H2,1H3. The molecule has 6 nitrogen and oxygen atoms in total. The van der Waals surface area contributed by atoms with Crippen LogP contribution in [0.25, 0.3) is 16.5 Å². The number of fused-ring (bicyclic) bond motifs is 1. The zero-order valence-electron chi connectivity index (χ0n) is 11.5. The molecule has 3 rings (SSSR count). The number of benzene rings is 1. The number of nitrogen functional groups attached to an aromatic ring is 1. The first-order chi connectivity index (χ1) is 10.2. The van der Waals surface area contributed by atoms with E-state index in [1.54, 1.807) is 23.9 Å². The average molecular weight is 282 g/mol. The summed E-state index contributed by atoms with van der Waals surface area (Å²) in [5.74, 6) is -0.267. The molecule has 0 radical (unpaired) electrons. The highest BCUT2D eigenvalue weighted by molar-refractivity contribution is 5.94. The van der Waals surface area contributed by atoms with Gasteiger partial charge in [-0.25, -0.2) is 9.78 Å². The fourth-order valence-electron chi connectivity index (χ4n) is 2.21. The Morgan fingerprint density at radius 2 is 2.24 bits per heavy atom. The minimum atomic E-state index is -0.521. The molecule has 1 aromatic carbocycles. The fraction of sp³-hybridized carbons (Fsp3) is 0.133. The summed E-state index contributed by atoms with van der Waals surface area (Å²) in [6.45, 7) is 2.02. The molecule has 0 bridgehead atoms. The Labute approximate surface area is 121 Å². The van der Waals surface area contributed by atoms with Crippen LogP contribution in [0.5, 0.6) is 0 Å². The number of nitrogens with zero attached hydrogens (tertiary/aromatic N) is 3. The van der Waals surface area contributed by atoms with Crippen molar-refractivity contribution in [2.45, 2.75) is 6.92 Å². The van der Waals surface area contributed by atoms with Crippen LogP contribution in [0.3, 0.4) is 0 Å². The zero-order valence-corrected chi connectivity index (χ0v) is 11.5. The molecule has 0 aliphatic heterocycles. The number of nitrogens with two attached hydrogens (primary N) is 1. The summed E-state index contributed by atoms with van der Waals surface area (Å²) in [6.07, 6.45) is 5.00. The van der Waals surface area contributed by atoms with Crippen molar-refractivity contribution in [3.05, 3.63) is 48.7 Å². The minimum Gasteiger partial charge on any atom is -0.461 e. The van der Waals surface area contributed by atoms with Gasteiger partial charge in [0.25, 0.3) is 0 Å². The summed E-state index contributed by atoms with van der Waals surface area (Å²) in [5, 5.41) is 1.97. The predicted octanol–water partition coefficient (Wildman–Crippen LogP) is 2.18. The maximum Gasteiger partial charge on any atom is 0.360 e. The number of rotatable bonds is 3. The third-order valence-corrected chi connectivity index (χ3v) is 3.19. The Kier molecular flexibility index (Phi) is 3.27. The third kappa shape index (κ3) is 2.20. The number of carbonyl (C=O) groups is 1. The predicted molar refractivity (Wildman–Crippen MR) is 79.2 cm³/mol. The van der Waals surface area contributed by atoms with Gasteiger partial charge in [-0.05, 0) is 24.4 Å². The van der Waals surface area contributed by atoms with Crippen LogP contribution in [0.1, 0.15) is 17.4 Å². The van der Waals surface area contributed by atoms with E-state index in [4.69, 9.17) is 10.5 Å². The normalized spacial score (nSPS) is 10.7. The van der Waals surface area contributed by atoms with Crippen molar-refractivity contribution < 1.29 is 9.53 Å². The summed E-state index contributed by atoms with van der Waals surface area (Å²) in [5.41, 5.74) is 6.98. The Hall–Kier alpha value is -2.89. The number of esters is 1. The molecule has 106 valence electrons. The lowest BCUT2D eigenvalue weighted by molar-refractivity contribution is 0.0521. The number of imidazole rings is 1.